The largest absolute Gasteiger partial charge is 0.466 e. The molecule has 0 saturated heterocycles. The molecule has 0 aromatic rings. The molecule has 0 spiro atoms. The number of rotatable bonds is 57. The Balaban J connectivity index is 3.39. The minimum absolute atomic E-state index is 0.00728. The first-order valence-corrected chi connectivity index (χ1v) is 30.6. The third-order valence-electron chi connectivity index (χ3n) is 14.2. The van der Waals surface area contributed by atoms with Crippen molar-refractivity contribution < 1.29 is 24.5 Å². The molecule has 0 aromatic carbocycles. The number of allylic oxidation sites excluding steroid dienone is 3. The fraction of sp³-hybridized carbons (Fsp3) is 0.903. The van der Waals surface area contributed by atoms with Gasteiger partial charge >= 0.3 is 5.97 Å². The van der Waals surface area contributed by atoms with Crippen molar-refractivity contribution in [3.63, 3.8) is 0 Å². The Morgan fingerprint density at radius 2 is 0.691 bits per heavy atom. The first kappa shape index (κ1) is 66.3. The van der Waals surface area contributed by atoms with Crippen molar-refractivity contribution in [3.05, 3.63) is 24.3 Å². The molecular weight excluding hydrogens is 839 g/mol. The van der Waals surface area contributed by atoms with E-state index in [1.807, 2.05) is 6.08 Å². The number of esters is 1. The average molecular weight is 959 g/mol. The van der Waals surface area contributed by atoms with Crippen molar-refractivity contribution >= 4 is 11.9 Å². The topological polar surface area (TPSA) is 95.9 Å². The van der Waals surface area contributed by atoms with Crippen LogP contribution in [-0.2, 0) is 14.3 Å². The predicted octanol–water partition coefficient (Wildman–Crippen LogP) is 19.0. The van der Waals surface area contributed by atoms with Gasteiger partial charge in [0.1, 0.15) is 0 Å². The summed E-state index contributed by atoms with van der Waals surface area (Å²) in [6, 6.07) is -0.628. The van der Waals surface area contributed by atoms with Crippen molar-refractivity contribution in [2.24, 2.45) is 0 Å². The monoisotopic (exact) mass is 958 g/mol. The van der Waals surface area contributed by atoms with E-state index in [0.717, 1.165) is 44.9 Å². The smallest absolute Gasteiger partial charge is 0.305 e. The molecular formula is C62H119NO5. The van der Waals surface area contributed by atoms with Crippen LogP contribution in [0, 0.1) is 0 Å². The molecule has 0 radical (unpaired) electrons. The lowest BCUT2D eigenvalue weighted by Crippen LogP contribution is -2.45. The first-order chi connectivity index (χ1) is 33.5. The standard InChI is InChI=1S/C62H119NO5/c1-3-5-7-9-11-13-15-17-18-19-25-28-32-36-40-44-48-52-56-62(67)68-57-53-49-45-41-37-33-29-26-23-21-20-22-24-27-31-35-39-43-47-51-55-61(66)63-59(58-64)60(65)54-50-46-42-38-34-30-16-14-12-10-8-6-4-2/h18-19,50,54,59-60,64-65H,3-17,20-49,51-53,55-58H2,1-2H3,(H,63,66)/b19-18-,54-50+. The number of carbonyl (C=O) groups is 2. The molecule has 0 aliphatic rings. The molecule has 3 N–H and O–H groups in total. The van der Waals surface area contributed by atoms with Crippen molar-refractivity contribution in [1.82, 2.24) is 5.32 Å². The lowest BCUT2D eigenvalue weighted by molar-refractivity contribution is -0.143. The van der Waals surface area contributed by atoms with Crippen LogP contribution < -0.4 is 5.32 Å². The highest BCUT2D eigenvalue weighted by atomic mass is 16.5. The van der Waals surface area contributed by atoms with Gasteiger partial charge in [-0.15, -0.1) is 0 Å². The van der Waals surface area contributed by atoms with E-state index >= 15 is 0 Å². The molecule has 6 nitrogen and oxygen atoms in total. The van der Waals surface area contributed by atoms with Crippen LogP contribution in [0.1, 0.15) is 335 Å². The molecule has 0 aromatic heterocycles. The van der Waals surface area contributed by atoms with Crippen molar-refractivity contribution in [2.75, 3.05) is 13.2 Å². The van der Waals surface area contributed by atoms with Gasteiger partial charge in [0.25, 0.3) is 0 Å². The van der Waals surface area contributed by atoms with Gasteiger partial charge in [0.05, 0.1) is 25.4 Å². The Morgan fingerprint density at radius 3 is 1.04 bits per heavy atom. The van der Waals surface area contributed by atoms with Crippen LogP contribution in [0.3, 0.4) is 0 Å². The molecule has 1 amide bonds. The van der Waals surface area contributed by atoms with E-state index < -0.39 is 12.1 Å². The van der Waals surface area contributed by atoms with E-state index in [2.05, 4.69) is 31.3 Å². The van der Waals surface area contributed by atoms with Gasteiger partial charge in [-0.1, -0.05) is 289 Å². The fourth-order valence-corrected chi connectivity index (χ4v) is 9.51. The van der Waals surface area contributed by atoms with Crippen LogP contribution in [0.25, 0.3) is 0 Å². The zero-order valence-electron chi connectivity index (χ0n) is 45.9. The normalized spacial score (nSPS) is 12.7. The maximum absolute atomic E-state index is 12.4. The molecule has 0 rings (SSSR count). The maximum atomic E-state index is 12.4. The Kier molecular flexibility index (Phi) is 56.5. The Morgan fingerprint density at radius 1 is 0.397 bits per heavy atom. The summed E-state index contributed by atoms with van der Waals surface area (Å²) in [7, 11) is 0. The number of unbranched alkanes of at least 4 members (excludes halogenated alkanes) is 44. The average Bonchev–Trinajstić information content (AvgIpc) is 3.34. The molecule has 0 heterocycles. The van der Waals surface area contributed by atoms with Gasteiger partial charge in [-0.2, -0.15) is 0 Å². The number of aliphatic hydroxyl groups is 2. The predicted molar refractivity (Wildman–Crippen MR) is 296 cm³/mol. The van der Waals surface area contributed by atoms with Crippen molar-refractivity contribution in [2.45, 2.75) is 347 Å². The quantitative estimate of drug-likeness (QED) is 0.0321. The van der Waals surface area contributed by atoms with Crippen molar-refractivity contribution in [3.8, 4) is 0 Å². The second kappa shape index (κ2) is 57.9. The summed E-state index contributed by atoms with van der Waals surface area (Å²) >= 11 is 0. The second-order valence-electron chi connectivity index (χ2n) is 21.0. The van der Waals surface area contributed by atoms with Crippen LogP contribution in [-0.4, -0.2) is 47.4 Å². The minimum atomic E-state index is -0.845. The van der Waals surface area contributed by atoms with Gasteiger partial charge in [-0.05, 0) is 57.8 Å². The third-order valence-corrected chi connectivity index (χ3v) is 14.2. The molecule has 6 heteroatoms. The summed E-state index contributed by atoms with van der Waals surface area (Å²) in [5.74, 6) is -0.0619. The maximum Gasteiger partial charge on any atom is 0.305 e. The first-order valence-electron chi connectivity index (χ1n) is 30.6. The minimum Gasteiger partial charge on any atom is -0.466 e. The van der Waals surface area contributed by atoms with E-state index in [0.29, 0.717) is 19.4 Å². The van der Waals surface area contributed by atoms with Crippen molar-refractivity contribution in [1.29, 1.82) is 0 Å². The zero-order chi connectivity index (χ0) is 49.3. The molecule has 2 atom stereocenters. The van der Waals surface area contributed by atoms with Crippen LogP contribution in [0.4, 0.5) is 0 Å². The van der Waals surface area contributed by atoms with E-state index in [4.69, 9.17) is 4.74 Å². The highest BCUT2D eigenvalue weighted by Gasteiger charge is 2.18. The van der Waals surface area contributed by atoms with E-state index in [1.165, 1.54) is 263 Å². The molecule has 0 saturated carbocycles. The molecule has 0 aliphatic carbocycles. The summed E-state index contributed by atoms with van der Waals surface area (Å²) in [5, 5.41) is 23.1. The lowest BCUT2D eigenvalue weighted by Gasteiger charge is -2.20. The van der Waals surface area contributed by atoms with Crippen LogP contribution in [0.15, 0.2) is 24.3 Å². The van der Waals surface area contributed by atoms with Gasteiger partial charge in [-0.3, -0.25) is 9.59 Å². The number of ether oxygens (including phenoxy) is 1. The Hall–Kier alpha value is -1.66. The van der Waals surface area contributed by atoms with E-state index in [1.54, 1.807) is 6.08 Å². The zero-order valence-corrected chi connectivity index (χ0v) is 45.9. The van der Waals surface area contributed by atoms with Crippen LogP contribution in [0.2, 0.25) is 0 Å². The van der Waals surface area contributed by atoms with Crippen LogP contribution in [0.5, 0.6) is 0 Å². The molecule has 0 bridgehead atoms. The van der Waals surface area contributed by atoms with E-state index in [-0.39, 0.29) is 18.5 Å². The Bertz CT molecular complexity index is 1060. The third kappa shape index (κ3) is 53.7. The second-order valence-corrected chi connectivity index (χ2v) is 21.0. The number of amides is 1. The number of nitrogens with one attached hydrogen (secondary N) is 1. The van der Waals surface area contributed by atoms with E-state index in [9.17, 15) is 19.8 Å². The SMILES string of the molecule is CCCCCCCCC/C=C\CCCCCCCCCC(=O)OCCCCCCCCCCCCCCCCCCCCCCC(=O)NC(CO)C(O)/C=C/CCCCCCCCCCCCC. The summed E-state index contributed by atoms with van der Waals surface area (Å²) in [6.07, 6.45) is 70.7. The molecule has 0 fully saturated rings. The molecule has 402 valence electrons. The van der Waals surface area contributed by atoms with Gasteiger partial charge in [-0.25, -0.2) is 0 Å². The highest BCUT2D eigenvalue weighted by Crippen LogP contribution is 2.17. The fourth-order valence-electron chi connectivity index (χ4n) is 9.51. The summed E-state index contributed by atoms with van der Waals surface area (Å²) in [6.45, 7) is 4.91. The number of hydrogen-bond donors (Lipinski definition) is 3. The number of hydrogen-bond acceptors (Lipinski definition) is 5. The summed E-state index contributed by atoms with van der Waals surface area (Å²) in [4.78, 5) is 24.5. The molecule has 2 unspecified atom stereocenters. The van der Waals surface area contributed by atoms with Gasteiger partial charge < -0.3 is 20.3 Å². The van der Waals surface area contributed by atoms with Crippen LogP contribution >= 0.6 is 0 Å². The van der Waals surface area contributed by atoms with Gasteiger partial charge in [0, 0.05) is 12.8 Å². The summed E-state index contributed by atoms with van der Waals surface area (Å²) in [5.41, 5.74) is 0. The van der Waals surface area contributed by atoms with Gasteiger partial charge in [0.2, 0.25) is 5.91 Å². The molecule has 0 aliphatic heterocycles. The van der Waals surface area contributed by atoms with Gasteiger partial charge in [0.15, 0.2) is 0 Å². The lowest BCUT2D eigenvalue weighted by atomic mass is 10.0. The Labute approximate surface area is 424 Å². The number of aliphatic hydroxyl groups excluding tert-OH is 2. The highest BCUT2D eigenvalue weighted by molar-refractivity contribution is 5.76. The molecule has 68 heavy (non-hydrogen) atoms. The number of carbonyl (C=O) groups excluding carboxylic acids is 2. The summed E-state index contributed by atoms with van der Waals surface area (Å²) < 4.78 is 5.49.